The Morgan fingerprint density at radius 1 is 0.923 bits per heavy atom. The molecule has 1 aromatic heterocycles. The zero-order valence-electron chi connectivity index (χ0n) is 13.8. The molecule has 3 aromatic rings. The number of hydrogen-bond acceptors (Lipinski definition) is 4. The van der Waals surface area contributed by atoms with Gasteiger partial charge in [-0.2, -0.15) is 0 Å². The molecule has 0 unspecified atom stereocenters. The van der Waals surface area contributed by atoms with E-state index in [4.69, 9.17) is 0 Å². The third-order valence-corrected chi connectivity index (χ3v) is 3.70. The van der Waals surface area contributed by atoms with Gasteiger partial charge in [0, 0.05) is 30.2 Å². The number of nitrogens with zero attached hydrogens (tertiary/aromatic N) is 1. The molecule has 0 aliphatic rings. The van der Waals surface area contributed by atoms with Crippen LogP contribution in [0.2, 0.25) is 0 Å². The summed E-state index contributed by atoms with van der Waals surface area (Å²) in [5.74, 6) is -0.454. The molecule has 0 radical (unpaired) electrons. The Hall–Kier alpha value is -3.67. The number of hydrogen-bond donors (Lipinski definition) is 3. The molecule has 0 aliphatic heterocycles. The summed E-state index contributed by atoms with van der Waals surface area (Å²) in [6.45, 7) is 0.339. The van der Waals surface area contributed by atoms with E-state index in [0.717, 1.165) is 5.56 Å². The van der Waals surface area contributed by atoms with Crippen molar-refractivity contribution in [2.75, 3.05) is 5.32 Å². The van der Waals surface area contributed by atoms with Crippen LogP contribution < -0.4 is 10.6 Å². The molecule has 0 saturated heterocycles. The molecule has 6 nitrogen and oxygen atoms in total. The Morgan fingerprint density at radius 3 is 2.38 bits per heavy atom. The van der Waals surface area contributed by atoms with Gasteiger partial charge in [0.05, 0.1) is 5.56 Å². The first kappa shape index (κ1) is 17.2. The van der Waals surface area contributed by atoms with Crippen molar-refractivity contribution in [1.29, 1.82) is 0 Å². The molecule has 2 amide bonds. The predicted molar refractivity (Wildman–Crippen MR) is 97.9 cm³/mol. The molecule has 0 bridgehead atoms. The Morgan fingerprint density at radius 2 is 1.69 bits per heavy atom. The molecule has 0 spiro atoms. The van der Waals surface area contributed by atoms with E-state index < -0.39 is 0 Å². The van der Waals surface area contributed by atoms with Crippen molar-refractivity contribution in [2.24, 2.45) is 0 Å². The van der Waals surface area contributed by atoms with Crippen LogP contribution in [0.25, 0.3) is 0 Å². The maximum Gasteiger partial charge on any atom is 0.257 e. The van der Waals surface area contributed by atoms with Crippen molar-refractivity contribution in [3.63, 3.8) is 0 Å². The van der Waals surface area contributed by atoms with Crippen molar-refractivity contribution in [1.82, 2.24) is 10.3 Å². The lowest BCUT2D eigenvalue weighted by Crippen LogP contribution is -2.22. The monoisotopic (exact) mass is 347 g/mol. The number of pyridine rings is 1. The van der Waals surface area contributed by atoms with Crippen molar-refractivity contribution in [3.8, 4) is 5.75 Å². The fraction of sp³-hybridized carbons (Fsp3) is 0.0500. The van der Waals surface area contributed by atoms with Crippen LogP contribution in [-0.2, 0) is 6.54 Å². The van der Waals surface area contributed by atoms with E-state index in [1.54, 1.807) is 42.6 Å². The van der Waals surface area contributed by atoms with E-state index in [0.29, 0.717) is 23.4 Å². The molecule has 130 valence electrons. The first-order chi connectivity index (χ1) is 12.6. The van der Waals surface area contributed by atoms with E-state index in [9.17, 15) is 14.7 Å². The van der Waals surface area contributed by atoms with E-state index in [1.165, 1.54) is 18.3 Å². The van der Waals surface area contributed by atoms with Gasteiger partial charge in [-0.3, -0.25) is 14.6 Å². The Kier molecular flexibility index (Phi) is 5.24. The number of aromatic hydroxyl groups is 1. The minimum absolute atomic E-state index is 0.0476. The van der Waals surface area contributed by atoms with Gasteiger partial charge in [0.1, 0.15) is 5.75 Å². The summed E-state index contributed by atoms with van der Waals surface area (Å²) < 4.78 is 0. The molecule has 0 atom stereocenters. The van der Waals surface area contributed by atoms with Crippen LogP contribution in [-0.4, -0.2) is 21.9 Å². The summed E-state index contributed by atoms with van der Waals surface area (Å²) in [6, 6.07) is 16.7. The summed E-state index contributed by atoms with van der Waals surface area (Å²) in [4.78, 5) is 28.0. The standard InChI is InChI=1S/C20H17N3O3/c24-18-5-1-3-15(11-18)19(25)22-12-14-6-8-17(9-7-14)23-20(26)16-4-2-10-21-13-16/h1-11,13,24H,12H2,(H,22,25)(H,23,26). The highest BCUT2D eigenvalue weighted by atomic mass is 16.3. The van der Waals surface area contributed by atoms with Gasteiger partial charge in [0.2, 0.25) is 0 Å². The third kappa shape index (κ3) is 4.45. The Balaban J connectivity index is 1.56. The lowest BCUT2D eigenvalue weighted by molar-refractivity contribution is 0.0949. The minimum Gasteiger partial charge on any atom is -0.508 e. The smallest absolute Gasteiger partial charge is 0.257 e. The summed E-state index contributed by atoms with van der Waals surface area (Å²) in [6.07, 6.45) is 3.11. The second-order valence-electron chi connectivity index (χ2n) is 5.63. The van der Waals surface area contributed by atoms with Gasteiger partial charge in [-0.1, -0.05) is 18.2 Å². The maximum absolute atomic E-state index is 12.1. The number of aromatic nitrogens is 1. The summed E-state index contributed by atoms with van der Waals surface area (Å²) in [7, 11) is 0. The van der Waals surface area contributed by atoms with Crippen LogP contribution in [0, 0.1) is 0 Å². The lowest BCUT2D eigenvalue weighted by Gasteiger charge is -2.08. The van der Waals surface area contributed by atoms with Gasteiger partial charge >= 0.3 is 0 Å². The zero-order valence-corrected chi connectivity index (χ0v) is 13.8. The maximum atomic E-state index is 12.1. The molecule has 26 heavy (non-hydrogen) atoms. The first-order valence-electron chi connectivity index (χ1n) is 7.99. The first-order valence-corrected chi connectivity index (χ1v) is 7.99. The van der Waals surface area contributed by atoms with Gasteiger partial charge in [-0.15, -0.1) is 0 Å². The average molecular weight is 347 g/mol. The second kappa shape index (κ2) is 7.94. The van der Waals surface area contributed by atoms with Crippen LogP contribution in [0.1, 0.15) is 26.3 Å². The second-order valence-corrected chi connectivity index (χ2v) is 5.63. The molecule has 3 rings (SSSR count). The zero-order chi connectivity index (χ0) is 18.4. The number of anilines is 1. The molecular weight excluding hydrogens is 330 g/mol. The highest BCUT2D eigenvalue weighted by Crippen LogP contribution is 2.13. The lowest BCUT2D eigenvalue weighted by atomic mass is 10.1. The van der Waals surface area contributed by atoms with Crippen LogP contribution in [0.4, 0.5) is 5.69 Å². The molecular formula is C20H17N3O3. The molecule has 6 heteroatoms. The third-order valence-electron chi connectivity index (χ3n) is 3.70. The van der Waals surface area contributed by atoms with Crippen molar-refractivity contribution in [3.05, 3.63) is 89.7 Å². The number of benzene rings is 2. The molecule has 0 fully saturated rings. The van der Waals surface area contributed by atoms with Crippen LogP contribution in [0.15, 0.2) is 73.1 Å². The van der Waals surface area contributed by atoms with Crippen molar-refractivity contribution < 1.29 is 14.7 Å². The number of carbonyl (C=O) groups excluding carboxylic acids is 2. The quantitative estimate of drug-likeness (QED) is 0.662. The number of rotatable bonds is 5. The largest absolute Gasteiger partial charge is 0.508 e. The predicted octanol–water partition coefficient (Wildman–Crippen LogP) is 2.97. The SMILES string of the molecule is O=C(NCc1ccc(NC(=O)c2cccnc2)cc1)c1cccc(O)c1. The van der Waals surface area contributed by atoms with E-state index >= 15 is 0 Å². The molecule has 0 saturated carbocycles. The fourth-order valence-corrected chi connectivity index (χ4v) is 2.34. The Bertz CT molecular complexity index is 909. The summed E-state index contributed by atoms with van der Waals surface area (Å²) >= 11 is 0. The topological polar surface area (TPSA) is 91.3 Å². The average Bonchev–Trinajstić information content (AvgIpc) is 2.68. The van der Waals surface area contributed by atoms with Gasteiger partial charge in [-0.05, 0) is 48.0 Å². The molecule has 0 aliphatic carbocycles. The fourth-order valence-electron chi connectivity index (χ4n) is 2.34. The van der Waals surface area contributed by atoms with Gasteiger partial charge < -0.3 is 15.7 Å². The van der Waals surface area contributed by atoms with E-state index in [-0.39, 0.29) is 17.6 Å². The molecule has 3 N–H and O–H groups in total. The van der Waals surface area contributed by atoms with Gasteiger partial charge in [0.25, 0.3) is 11.8 Å². The number of phenols is 1. The number of phenolic OH excluding ortho intramolecular Hbond substituents is 1. The summed E-state index contributed by atoms with van der Waals surface area (Å²) in [5, 5.41) is 15.0. The number of carbonyl (C=O) groups is 2. The summed E-state index contributed by atoms with van der Waals surface area (Å²) in [5.41, 5.74) is 2.42. The normalized spacial score (nSPS) is 10.2. The van der Waals surface area contributed by atoms with Crippen LogP contribution >= 0.6 is 0 Å². The minimum atomic E-state index is -0.269. The van der Waals surface area contributed by atoms with Gasteiger partial charge in [0.15, 0.2) is 0 Å². The number of nitrogens with one attached hydrogen (secondary N) is 2. The van der Waals surface area contributed by atoms with Crippen LogP contribution in [0.3, 0.4) is 0 Å². The van der Waals surface area contributed by atoms with E-state index in [2.05, 4.69) is 15.6 Å². The highest BCUT2D eigenvalue weighted by molar-refractivity contribution is 6.04. The highest BCUT2D eigenvalue weighted by Gasteiger charge is 2.07. The molecule has 1 heterocycles. The van der Waals surface area contributed by atoms with Crippen LogP contribution in [0.5, 0.6) is 5.75 Å². The van der Waals surface area contributed by atoms with E-state index in [1.807, 2.05) is 12.1 Å². The van der Waals surface area contributed by atoms with Crippen molar-refractivity contribution in [2.45, 2.75) is 6.54 Å². The Labute approximate surface area is 150 Å². The van der Waals surface area contributed by atoms with Crippen molar-refractivity contribution >= 4 is 17.5 Å². The number of amides is 2. The molecule has 2 aromatic carbocycles. The van der Waals surface area contributed by atoms with Gasteiger partial charge in [-0.25, -0.2) is 0 Å².